The second kappa shape index (κ2) is 5.39. The van der Waals surface area contributed by atoms with Crippen LogP contribution in [-0.2, 0) is 4.79 Å². The molecule has 0 radical (unpaired) electrons. The lowest BCUT2D eigenvalue weighted by Crippen LogP contribution is -2.53. The van der Waals surface area contributed by atoms with E-state index in [0.717, 1.165) is 6.42 Å². The van der Waals surface area contributed by atoms with Gasteiger partial charge in [0.05, 0.1) is 15.7 Å². The summed E-state index contributed by atoms with van der Waals surface area (Å²) in [5.74, 6) is 0.0588. The number of fused-ring (bicyclic) bond motifs is 1. The molecule has 2 aliphatic heterocycles. The fourth-order valence-corrected chi connectivity index (χ4v) is 3.43. The second-order valence-corrected chi connectivity index (χ2v) is 6.20. The minimum Gasteiger partial charge on any atom is -0.396 e. The highest BCUT2D eigenvalue weighted by molar-refractivity contribution is 6.39. The van der Waals surface area contributed by atoms with E-state index >= 15 is 0 Å². The number of halogens is 2. The van der Waals surface area contributed by atoms with Crippen molar-refractivity contribution in [2.45, 2.75) is 18.9 Å². The molecule has 21 heavy (non-hydrogen) atoms. The van der Waals surface area contributed by atoms with Crippen LogP contribution in [0.4, 0.5) is 5.69 Å². The molecular weight excluding hydrogens is 313 g/mol. The van der Waals surface area contributed by atoms with Gasteiger partial charge in [0.15, 0.2) is 0 Å². The Morgan fingerprint density at radius 2 is 1.90 bits per heavy atom. The van der Waals surface area contributed by atoms with Crippen molar-refractivity contribution in [2.75, 3.05) is 25.4 Å². The Labute approximate surface area is 132 Å². The number of anilines is 1. The highest BCUT2D eigenvalue weighted by Gasteiger charge is 2.37. The van der Waals surface area contributed by atoms with E-state index in [2.05, 4.69) is 0 Å². The first-order chi connectivity index (χ1) is 9.97. The highest BCUT2D eigenvalue weighted by Crippen LogP contribution is 2.30. The summed E-state index contributed by atoms with van der Waals surface area (Å²) in [4.78, 5) is 27.8. The van der Waals surface area contributed by atoms with Gasteiger partial charge in [-0.05, 0) is 18.6 Å². The Kier molecular flexibility index (Phi) is 3.71. The van der Waals surface area contributed by atoms with Crippen molar-refractivity contribution in [3.63, 3.8) is 0 Å². The average molecular weight is 328 g/mol. The van der Waals surface area contributed by atoms with Crippen LogP contribution in [-0.4, -0.2) is 47.3 Å². The Balaban J connectivity index is 1.79. The Bertz CT molecular complexity index is 597. The summed E-state index contributed by atoms with van der Waals surface area (Å²) in [7, 11) is 0. The zero-order valence-corrected chi connectivity index (χ0v) is 12.8. The van der Waals surface area contributed by atoms with Gasteiger partial charge in [0, 0.05) is 37.7 Å². The van der Waals surface area contributed by atoms with Crippen LogP contribution in [0.5, 0.6) is 0 Å². The topological polar surface area (TPSA) is 66.6 Å². The zero-order chi connectivity index (χ0) is 15.1. The molecule has 112 valence electrons. The molecule has 1 aromatic carbocycles. The lowest BCUT2D eigenvalue weighted by atomic mass is 10.1. The van der Waals surface area contributed by atoms with Crippen molar-refractivity contribution in [3.8, 4) is 0 Å². The van der Waals surface area contributed by atoms with Crippen LogP contribution in [0.15, 0.2) is 12.1 Å². The first-order valence-electron chi connectivity index (χ1n) is 6.80. The first-order valence-corrected chi connectivity index (χ1v) is 7.56. The van der Waals surface area contributed by atoms with E-state index in [0.29, 0.717) is 31.6 Å². The molecule has 5 nitrogen and oxygen atoms in total. The van der Waals surface area contributed by atoms with Gasteiger partial charge in [0.25, 0.3) is 5.91 Å². The number of hydrogen-bond acceptors (Lipinski definition) is 3. The second-order valence-electron chi connectivity index (χ2n) is 5.38. The van der Waals surface area contributed by atoms with Crippen molar-refractivity contribution in [1.82, 2.24) is 9.80 Å². The molecule has 1 unspecified atom stereocenters. The number of rotatable bonds is 1. The zero-order valence-electron chi connectivity index (χ0n) is 11.3. The van der Waals surface area contributed by atoms with Gasteiger partial charge in [-0.25, -0.2) is 0 Å². The molecule has 0 spiro atoms. The summed E-state index contributed by atoms with van der Waals surface area (Å²) < 4.78 is 0. The van der Waals surface area contributed by atoms with E-state index in [4.69, 9.17) is 28.9 Å². The SMILES string of the molecule is Nc1c(Cl)cc(C(=O)N2CCN3C(=O)CCC3C2)cc1Cl. The summed E-state index contributed by atoms with van der Waals surface area (Å²) in [6, 6.07) is 3.21. The van der Waals surface area contributed by atoms with Crippen LogP contribution < -0.4 is 5.73 Å². The van der Waals surface area contributed by atoms with E-state index in [1.165, 1.54) is 12.1 Å². The molecule has 2 amide bonds. The summed E-state index contributed by atoms with van der Waals surface area (Å²) in [6.45, 7) is 1.68. The van der Waals surface area contributed by atoms with Gasteiger partial charge >= 0.3 is 0 Å². The lowest BCUT2D eigenvalue weighted by Gasteiger charge is -2.37. The monoisotopic (exact) mass is 327 g/mol. The molecule has 2 N–H and O–H groups in total. The molecular formula is C14H15Cl2N3O2. The molecule has 3 rings (SSSR count). The molecule has 2 saturated heterocycles. The fraction of sp³-hybridized carbons (Fsp3) is 0.429. The standard InChI is InChI=1S/C14H15Cl2N3O2/c15-10-5-8(6-11(16)13(10)17)14(21)18-3-4-19-9(7-18)1-2-12(19)20/h5-6,9H,1-4,7,17H2. The number of benzene rings is 1. The third kappa shape index (κ3) is 2.56. The molecule has 2 heterocycles. The maximum absolute atomic E-state index is 12.5. The third-order valence-corrected chi connectivity index (χ3v) is 4.73. The van der Waals surface area contributed by atoms with E-state index in [1.807, 2.05) is 4.90 Å². The first kappa shape index (κ1) is 14.5. The quantitative estimate of drug-likeness (QED) is 0.802. The van der Waals surface area contributed by atoms with Gasteiger partial charge in [0.2, 0.25) is 5.91 Å². The van der Waals surface area contributed by atoms with Crippen LogP contribution >= 0.6 is 23.2 Å². The molecule has 1 aromatic rings. The molecule has 0 aromatic heterocycles. The van der Waals surface area contributed by atoms with Gasteiger partial charge in [-0.15, -0.1) is 0 Å². The van der Waals surface area contributed by atoms with Gasteiger partial charge in [-0.1, -0.05) is 23.2 Å². The predicted molar refractivity (Wildman–Crippen MR) is 81.5 cm³/mol. The fourth-order valence-electron chi connectivity index (χ4n) is 2.94. The minimum atomic E-state index is -0.127. The van der Waals surface area contributed by atoms with Crippen molar-refractivity contribution < 1.29 is 9.59 Å². The number of nitrogens with zero attached hydrogens (tertiary/aromatic N) is 2. The summed E-state index contributed by atoms with van der Waals surface area (Å²) >= 11 is 12.0. The number of carbonyl (C=O) groups excluding carboxylic acids is 2. The van der Waals surface area contributed by atoms with Crippen LogP contribution in [0, 0.1) is 0 Å². The Hall–Kier alpha value is -1.46. The third-order valence-electron chi connectivity index (χ3n) is 4.11. The van der Waals surface area contributed by atoms with E-state index in [1.54, 1.807) is 4.90 Å². The summed E-state index contributed by atoms with van der Waals surface area (Å²) in [5, 5.41) is 0.557. The van der Waals surface area contributed by atoms with Gasteiger partial charge in [-0.2, -0.15) is 0 Å². The molecule has 1 atom stereocenters. The predicted octanol–water partition coefficient (Wildman–Crippen LogP) is 2.02. The van der Waals surface area contributed by atoms with Gasteiger partial charge in [0.1, 0.15) is 0 Å². The van der Waals surface area contributed by atoms with Crippen molar-refractivity contribution in [2.24, 2.45) is 0 Å². The number of nitrogens with two attached hydrogens (primary N) is 1. The van der Waals surface area contributed by atoms with Crippen LogP contribution in [0.25, 0.3) is 0 Å². The average Bonchev–Trinajstić information content (AvgIpc) is 2.84. The number of hydrogen-bond donors (Lipinski definition) is 1. The van der Waals surface area contributed by atoms with Crippen LogP contribution in [0.3, 0.4) is 0 Å². The van der Waals surface area contributed by atoms with Crippen molar-refractivity contribution >= 4 is 40.7 Å². The van der Waals surface area contributed by atoms with Crippen molar-refractivity contribution in [1.29, 1.82) is 0 Å². The van der Waals surface area contributed by atoms with Crippen LogP contribution in [0.1, 0.15) is 23.2 Å². The summed E-state index contributed by atoms with van der Waals surface area (Å²) in [5.41, 5.74) is 6.39. The molecule has 2 fully saturated rings. The normalized spacial score (nSPS) is 21.6. The molecule has 0 aliphatic carbocycles. The van der Waals surface area contributed by atoms with E-state index in [9.17, 15) is 9.59 Å². The maximum atomic E-state index is 12.5. The molecule has 7 heteroatoms. The van der Waals surface area contributed by atoms with Crippen LogP contribution in [0.2, 0.25) is 10.0 Å². The number of nitrogen functional groups attached to an aromatic ring is 1. The summed E-state index contributed by atoms with van der Waals surface area (Å²) in [6.07, 6.45) is 1.39. The minimum absolute atomic E-state index is 0.127. The smallest absolute Gasteiger partial charge is 0.254 e. The number of amides is 2. The number of carbonyl (C=O) groups is 2. The lowest BCUT2D eigenvalue weighted by molar-refractivity contribution is -0.130. The molecule has 0 bridgehead atoms. The number of piperazine rings is 1. The van der Waals surface area contributed by atoms with E-state index < -0.39 is 0 Å². The Morgan fingerprint density at radius 3 is 2.57 bits per heavy atom. The van der Waals surface area contributed by atoms with Gasteiger partial charge < -0.3 is 15.5 Å². The van der Waals surface area contributed by atoms with Gasteiger partial charge in [-0.3, -0.25) is 9.59 Å². The van der Waals surface area contributed by atoms with Crippen molar-refractivity contribution in [3.05, 3.63) is 27.7 Å². The largest absolute Gasteiger partial charge is 0.396 e. The van der Waals surface area contributed by atoms with E-state index in [-0.39, 0.29) is 33.6 Å². The molecule has 2 aliphatic rings. The maximum Gasteiger partial charge on any atom is 0.254 e. The molecule has 0 saturated carbocycles. The Morgan fingerprint density at radius 1 is 1.24 bits per heavy atom. The highest BCUT2D eigenvalue weighted by atomic mass is 35.5.